The molecule has 1 rings (SSSR count). The van der Waals surface area contributed by atoms with E-state index < -0.39 is 15.9 Å². The number of sulfonamides is 1. The van der Waals surface area contributed by atoms with Crippen molar-refractivity contribution >= 4 is 15.9 Å². The summed E-state index contributed by atoms with van der Waals surface area (Å²) in [5, 5.41) is 0. The number of nitrogens with one attached hydrogen (secondary N) is 1. The standard InChI is InChI=1S/C14H21NO4S/c1-11-7-8-12(2)13(10-11)19-9-5-4-6-14(16)15-20(3,17)18/h7-8,10H,4-6,9H2,1-3H3,(H,15,16). The summed E-state index contributed by atoms with van der Waals surface area (Å²) in [6, 6.07) is 6.01. The molecule has 0 saturated heterocycles. The zero-order chi connectivity index (χ0) is 15.2. The fraction of sp³-hybridized carbons (Fsp3) is 0.500. The number of carbonyl (C=O) groups excluding carboxylic acids is 1. The molecule has 1 aromatic carbocycles. The van der Waals surface area contributed by atoms with E-state index in [1.54, 1.807) is 0 Å². The number of aryl methyl sites for hydroxylation is 2. The second-order valence-electron chi connectivity index (χ2n) is 4.87. The molecule has 0 atom stereocenters. The van der Waals surface area contributed by atoms with Crippen molar-refractivity contribution in [2.24, 2.45) is 0 Å². The SMILES string of the molecule is Cc1ccc(C)c(OCCCCC(=O)NS(C)(=O)=O)c1. The number of hydrogen-bond acceptors (Lipinski definition) is 4. The topological polar surface area (TPSA) is 72.5 Å². The van der Waals surface area contributed by atoms with Gasteiger partial charge < -0.3 is 4.74 Å². The second kappa shape index (κ2) is 7.28. The molecule has 0 spiro atoms. The molecule has 0 saturated carbocycles. The number of unbranched alkanes of at least 4 members (excludes halogenated alkanes) is 1. The lowest BCUT2D eigenvalue weighted by atomic mass is 10.1. The van der Waals surface area contributed by atoms with Crippen molar-refractivity contribution in [2.75, 3.05) is 12.9 Å². The molecule has 0 heterocycles. The van der Waals surface area contributed by atoms with E-state index in [0.717, 1.165) is 23.1 Å². The van der Waals surface area contributed by atoms with Crippen LogP contribution in [0.2, 0.25) is 0 Å². The van der Waals surface area contributed by atoms with E-state index in [1.165, 1.54) is 0 Å². The van der Waals surface area contributed by atoms with Gasteiger partial charge in [0.25, 0.3) is 0 Å². The van der Waals surface area contributed by atoms with Gasteiger partial charge in [0, 0.05) is 6.42 Å². The molecule has 5 nitrogen and oxygen atoms in total. The number of rotatable bonds is 7. The molecule has 0 aliphatic heterocycles. The van der Waals surface area contributed by atoms with Crippen LogP contribution in [0, 0.1) is 13.8 Å². The molecule has 0 aromatic heterocycles. The van der Waals surface area contributed by atoms with E-state index >= 15 is 0 Å². The highest BCUT2D eigenvalue weighted by molar-refractivity contribution is 7.89. The van der Waals surface area contributed by atoms with Gasteiger partial charge in [-0.2, -0.15) is 0 Å². The molecule has 1 aromatic rings. The van der Waals surface area contributed by atoms with Crippen molar-refractivity contribution in [3.8, 4) is 5.75 Å². The molecule has 0 bridgehead atoms. The summed E-state index contributed by atoms with van der Waals surface area (Å²) in [6.45, 7) is 4.49. The monoisotopic (exact) mass is 299 g/mol. The summed E-state index contributed by atoms with van der Waals surface area (Å²) in [5.74, 6) is 0.379. The van der Waals surface area contributed by atoms with Crippen LogP contribution in [0.5, 0.6) is 5.75 Å². The van der Waals surface area contributed by atoms with Crippen molar-refractivity contribution in [1.82, 2.24) is 4.72 Å². The minimum atomic E-state index is -3.45. The van der Waals surface area contributed by atoms with Crippen LogP contribution < -0.4 is 9.46 Å². The Hall–Kier alpha value is -1.56. The van der Waals surface area contributed by atoms with Crippen LogP contribution in [-0.2, 0) is 14.8 Å². The molecule has 1 N–H and O–H groups in total. The van der Waals surface area contributed by atoms with Gasteiger partial charge >= 0.3 is 0 Å². The Bertz CT molecular complexity index is 567. The quantitative estimate of drug-likeness (QED) is 0.781. The molecule has 0 fully saturated rings. The fourth-order valence-electron chi connectivity index (χ4n) is 1.69. The number of benzene rings is 1. The minimum Gasteiger partial charge on any atom is -0.493 e. The normalized spacial score (nSPS) is 11.2. The van der Waals surface area contributed by atoms with Gasteiger partial charge in [0.2, 0.25) is 15.9 Å². The van der Waals surface area contributed by atoms with Gasteiger partial charge in [-0.15, -0.1) is 0 Å². The van der Waals surface area contributed by atoms with Crippen LogP contribution in [0.4, 0.5) is 0 Å². The predicted molar refractivity (Wildman–Crippen MR) is 78.2 cm³/mol. The lowest BCUT2D eigenvalue weighted by molar-refractivity contribution is -0.119. The molecule has 0 unspecified atom stereocenters. The maximum absolute atomic E-state index is 11.3. The summed E-state index contributed by atoms with van der Waals surface area (Å²) in [5.41, 5.74) is 2.21. The summed E-state index contributed by atoms with van der Waals surface area (Å²) >= 11 is 0. The Kier molecular flexibility index (Phi) is 6.01. The van der Waals surface area contributed by atoms with E-state index in [2.05, 4.69) is 0 Å². The van der Waals surface area contributed by atoms with Crippen LogP contribution >= 0.6 is 0 Å². The van der Waals surface area contributed by atoms with Crippen LogP contribution in [0.15, 0.2) is 18.2 Å². The first-order chi connectivity index (χ1) is 9.28. The highest BCUT2D eigenvalue weighted by Gasteiger charge is 2.07. The fourth-order valence-corrected chi connectivity index (χ4v) is 2.21. The number of carbonyl (C=O) groups is 1. The van der Waals surface area contributed by atoms with E-state index in [4.69, 9.17) is 4.74 Å². The van der Waals surface area contributed by atoms with E-state index in [1.807, 2.05) is 36.8 Å². The van der Waals surface area contributed by atoms with E-state index in [0.29, 0.717) is 19.4 Å². The van der Waals surface area contributed by atoms with Gasteiger partial charge in [0.05, 0.1) is 12.9 Å². The Labute approximate surface area is 120 Å². The highest BCUT2D eigenvalue weighted by Crippen LogP contribution is 2.19. The lowest BCUT2D eigenvalue weighted by Crippen LogP contribution is -2.29. The summed E-state index contributed by atoms with van der Waals surface area (Å²) in [7, 11) is -3.45. The molecule has 6 heteroatoms. The molecular weight excluding hydrogens is 278 g/mol. The Balaban J connectivity index is 2.25. The molecule has 20 heavy (non-hydrogen) atoms. The average molecular weight is 299 g/mol. The third kappa shape index (κ3) is 6.56. The maximum Gasteiger partial charge on any atom is 0.233 e. The van der Waals surface area contributed by atoms with Gasteiger partial charge in [-0.1, -0.05) is 12.1 Å². The Morgan fingerprint density at radius 3 is 2.60 bits per heavy atom. The lowest BCUT2D eigenvalue weighted by Gasteiger charge is -2.09. The second-order valence-corrected chi connectivity index (χ2v) is 6.62. The van der Waals surface area contributed by atoms with Crippen molar-refractivity contribution in [3.63, 3.8) is 0 Å². The summed E-state index contributed by atoms with van der Waals surface area (Å²) in [6.07, 6.45) is 2.44. The smallest absolute Gasteiger partial charge is 0.233 e. The van der Waals surface area contributed by atoms with Gasteiger partial charge in [0.1, 0.15) is 5.75 Å². The molecule has 0 aliphatic carbocycles. The van der Waals surface area contributed by atoms with Crippen LogP contribution in [0.25, 0.3) is 0 Å². The zero-order valence-electron chi connectivity index (χ0n) is 12.1. The van der Waals surface area contributed by atoms with Crippen LogP contribution in [0.1, 0.15) is 30.4 Å². The number of amides is 1. The number of hydrogen-bond donors (Lipinski definition) is 1. The molecule has 0 aliphatic rings. The first-order valence-electron chi connectivity index (χ1n) is 6.48. The minimum absolute atomic E-state index is 0.184. The number of ether oxygens (including phenoxy) is 1. The van der Waals surface area contributed by atoms with E-state index in [9.17, 15) is 13.2 Å². The molecule has 1 amide bonds. The first-order valence-corrected chi connectivity index (χ1v) is 8.38. The van der Waals surface area contributed by atoms with Gasteiger partial charge in [-0.05, 0) is 43.9 Å². The van der Waals surface area contributed by atoms with Crippen molar-refractivity contribution in [1.29, 1.82) is 0 Å². The largest absolute Gasteiger partial charge is 0.493 e. The zero-order valence-corrected chi connectivity index (χ0v) is 12.9. The third-order valence-corrected chi connectivity index (χ3v) is 3.30. The van der Waals surface area contributed by atoms with Gasteiger partial charge in [-0.3, -0.25) is 9.52 Å². The molecule has 112 valence electrons. The van der Waals surface area contributed by atoms with Crippen LogP contribution in [-0.4, -0.2) is 27.2 Å². The first kappa shape index (κ1) is 16.5. The Morgan fingerprint density at radius 2 is 1.95 bits per heavy atom. The van der Waals surface area contributed by atoms with Gasteiger partial charge in [-0.25, -0.2) is 8.42 Å². The average Bonchev–Trinajstić information content (AvgIpc) is 2.30. The molecule has 0 radical (unpaired) electrons. The van der Waals surface area contributed by atoms with Crippen LogP contribution in [0.3, 0.4) is 0 Å². The third-order valence-electron chi connectivity index (χ3n) is 2.70. The van der Waals surface area contributed by atoms with Gasteiger partial charge in [0.15, 0.2) is 0 Å². The van der Waals surface area contributed by atoms with Crippen molar-refractivity contribution in [2.45, 2.75) is 33.1 Å². The maximum atomic E-state index is 11.3. The Morgan fingerprint density at radius 1 is 1.25 bits per heavy atom. The van der Waals surface area contributed by atoms with Crippen molar-refractivity contribution < 1.29 is 17.9 Å². The molecular formula is C14H21NO4S. The van der Waals surface area contributed by atoms with E-state index in [-0.39, 0.29) is 6.42 Å². The summed E-state index contributed by atoms with van der Waals surface area (Å²) in [4.78, 5) is 11.3. The summed E-state index contributed by atoms with van der Waals surface area (Å²) < 4.78 is 29.2. The highest BCUT2D eigenvalue weighted by atomic mass is 32.2. The predicted octanol–water partition coefficient (Wildman–Crippen LogP) is 1.93. The van der Waals surface area contributed by atoms with Crippen molar-refractivity contribution in [3.05, 3.63) is 29.3 Å².